The minimum absolute atomic E-state index is 0.0115. The number of aryl methyl sites for hydroxylation is 2. The molecule has 1 saturated heterocycles. The molecule has 1 aliphatic rings. The zero-order valence-electron chi connectivity index (χ0n) is 15.8. The molecule has 1 unspecified atom stereocenters. The van der Waals surface area contributed by atoms with Gasteiger partial charge in [0.15, 0.2) is 11.6 Å². The van der Waals surface area contributed by atoms with E-state index in [1.807, 2.05) is 32.0 Å². The molecule has 0 N–H and O–H groups in total. The maximum atomic E-state index is 12.9. The Bertz CT molecular complexity index is 861. The van der Waals surface area contributed by atoms with Crippen molar-refractivity contribution in [2.45, 2.75) is 45.6 Å². The van der Waals surface area contributed by atoms with Gasteiger partial charge in [-0.25, -0.2) is 0 Å². The molecular weight excluding hydrogens is 340 g/mol. The monoisotopic (exact) mass is 364 g/mol. The number of carbonyl (C=O) groups is 3. The lowest BCUT2D eigenvalue weighted by atomic mass is 9.98. The van der Waals surface area contributed by atoms with Crippen molar-refractivity contribution in [3.8, 4) is 0 Å². The Balaban J connectivity index is 1.64. The predicted octanol–water partition coefficient (Wildman–Crippen LogP) is 3.54. The van der Waals surface area contributed by atoms with Crippen molar-refractivity contribution in [1.29, 1.82) is 0 Å². The maximum absolute atomic E-state index is 12.9. The summed E-state index contributed by atoms with van der Waals surface area (Å²) in [4.78, 5) is 43.3. The molecule has 0 saturated carbocycles. The Hall–Kier alpha value is -2.82. The molecule has 5 heteroatoms. The van der Waals surface area contributed by atoms with Gasteiger partial charge in [0.1, 0.15) is 0 Å². The standard InChI is InChI=1S/C22H24N2O3/c1-15-7-8-17(13-16(15)2)22(27)19-6-4-12-24(19)21(26)10-9-20(25)18-5-3-11-23-14-18/h3,5,7-8,11,13-14,19H,4,6,9-10,12H2,1-2H3. The molecule has 1 aromatic carbocycles. The van der Waals surface area contributed by atoms with Gasteiger partial charge in [-0.1, -0.05) is 12.1 Å². The minimum Gasteiger partial charge on any atom is -0.332 e. The number of Topliss-reactive ketones (excluding diaryl/α,β-unsaturated/α-hetero) is 2. The Morgan fingerprint density at radius 3 is 2.59 bits per heavy atom. The summed E-state index contributed by atoms with van der Waals surface area (Å²) < 4.78 is 0. The lowest BCUT2D eigenvalue weighted by molar-refractivity contribution is -0.131. The summed E-state index contributed by atoms with van der Waals surface area (Å²) in [5.74, 6) is -0.248. The van der Waals surface area contributed by atoms with E-state index in [1.165, 1.54) is 6.20 Å². The number of hydrogen-bond acceptors (Lipinski definition) is 4. The summed E-state index contributed by atoms with van der Waals surface area (Å²) in [5.41, 5.74) is 3.36. The molecule has 0 radical (unpaired) electrons. The summed E-state index contributed by atoms with van der Waals surface area (Å²) >= 11 is 0. The summed E-state index contributed by atoms with van der Waals surface area (Å²) in [5, 5.41) is 0. The first-order valence-electron chi connectivity index (χ1n) is 9.31. The van der Waals surface area contributed by atoms with Crippen LogP contribution in [0.3, 0.4) is 0 Å². The number of hydrogen-bond donors (Lipinski definition) is 0. The van der Waals surface area contributed by atoms with Crippen LogP contribution >= 0.6 is 0 Å². The van der Waals surface area contributed by atoms with Crippen LogP contribution < -0.4 is 0 Å². The van der Waals surface area contributed by atoms with Gasteiger partial charge in [-0.3, -0.25) is 19.4 Å². The van der Waals surface area contributed by atoms with Crippen molar-refractivity contribution in [3.63, 3.8) is 0 Å². The highest BCUT2D eigenvalue weighted by molar-refractivity contribution is 6.03. The molecule has 2 aromatic rings. The highest BCUT2D eigenvalue weighted by Gasteiger charge is 2.34. The smallest absolute Gasteiger partial charge is 0.223 e. The fourth-order valence-electron chi connectivity index (χ4n) is 3.46. The van der Waals surface area contributed by atoms with E-state index >= 15 is 0 Å². The van der Waals surface area contributed by atoms with Crippen LogP contribution in [0.4, 0.5) is 0 Å². The fourth-order valence-corrected chi connectivity index (χ4v) is 3.46. The van der Waals surface area contributed by atoms with Gasteiger partial charge in [-0.2, -0.15) is 0 Å². The molecule has 1 atom stereocenters. The van der Waals surface area contributed by atoms with Crippen molar-refractivity contribution in [1.82, 2.24) is 9.88 Å². The fraction of sp³-hybridized carbons (Fsp3) is 0.364. The Morgan fingerprint density at radius 1 is 1.07 bits per heavy atom. The van der Waals surface area contributed by atoms with Gasteiger partial charge < -0.3 is 4.90 Å². The van der Waals surface area contributed by atoms with Crippen LogP contribution in [0.1, 0.15) is 57.5 Å². The van der Waals surface area contributed by atoms with E-state index in [2.05, 4.69) is 4.98 Å². The topological polar surface area (TPSA) is 67.3 Å². The van der Waals surface area contributed by atoms with Gasteiger partial charge in [0.05, 0.1) is 6.04 Å². The number of likely N-dealkylation sites (tertiary alicyclic amines) is 1. The second-order valence-electron chi connectivity index (χ2n) is 7.07. The zero-order valence-corrected chi connectivity index (χ0v) is 15.8. The van der Waals surface area contributed by atoms with Crippen molar-refractivity contribution < 1.29 is 14.4 Å². The molecule has 140 valence electrons. The second kappa shape index (κ2) is 8.25. The Kier molecular flexibility index (Phi) is 5.79. The predicted molar refractivity (Wildman–Crippen MR) is 103 cm³/mol. The quantitative estimate of drug-likeness (QED) is 0.736. The molecule has 1 aliphatic heterocycles. The van der Waals surface area contributed by atoms with Crippen molar-refractivity contribution >= 4 is 17.5 Å². The first-order chi connectivity index (χ1) is 13.0. The van der Waals surface area contributed by atoms with Crippen LogP contribution in [0.15, 0.2) is 42.7 Å². The molecule has 27 heavy (non-hydrogen) atoms. The maximum Gasteiger partial charge on any atom is 0.223 e. The third-order valence-corrected chi connectivity index (χ3v) is 5.22. The number of nitrogens with zero attached hydrogens (tertiary/aromatic N) is 2. The summed E-state index contributed by atoms with van der Waals surface area (Å²) in [6.45, 7) is 4.56. The van der Waals surface area contributed by atoms with Crippen molar-refractivity contribution in [3.05, 3.63) is 65.0 Å². The van der Waals surface area contributed by atoms with Gasteiger partial charge >= 0.3 is 0 Å². The number of carbonyl (C=O) groups excluding carboxylic acids is 3. The summed E-state index contributed by atoms with van der Waals surface area (Å²) in [6.07, 6.45) is 4.84. The largest absolute Gasteiger partial charge is 0.332 e. The normalized spacial score (nSPS) is 16.4. The molecule has 2 heterocycles. The SMILES string of the molecule is Cc1ccc(C(=O)C2CCCN2C(=O)CCC(=O)c2cccnc2)cc1C. The lowest BCUT2D eigenvalue weighted by Gasteiger charge is -2.24. The van der Waals surface area contributed by atoms with Crippen molar-refractivity contribution in [2.75, 3.05) is 6.54 Å². The Morgan fingerprint density at radius 2 is 1.89 bits per heavy atom. The lowest BCUT2D eigenvalue weighted by Crippen LogP contribution is -2.40. The van der Waals surface area contributed by atoms with E-state index < -0.39 is 6.04 Å². The molecule has 1 aromatic heterocycles. The van der Waals surface area contributed by atoms with E-state index in [9.17, 15) is 14.4 Å². The number of amides is 1. The number of pyridine rings is 1. The van der Waals surface area contributed by atoms with Crippen LogP contribution in [0, 0.1) is 13.8 Å². The molecule has 0 spiro atoms. The first-order valence-corrected chi connectivity index (χ1v) is 9.31. The third kappa shape index (κ3) is 4.30. The van der Waals surface area contributed by atoms with E-state index in [4.69, 9.17) is 0 Å². The zero-order chi connectivity index (χ0) is 19.4. The van der Waals surface area contributed by atoms with Gasteiger partial charge in [0.25, 0.3) is 0 Å². The first kappa shape index (κ1) is 19.0. The average molecular weight is 364 g/mol. The van der Waals surface area contributed by atoms with E-state index in [-0.39, 0.29) is 30.3 Å². The molecule has 1 fully saturated rings. The summed E-state index contributed by atoms with van der Waals surface area (Å²) in [6, 6.07) is 8.64. The molecule has 3 rings (SSSR count). The molecule has 0 aliphatic carbocycles. The number of aromatic nitrogens is 1. The van der Waals surface area contributed by atoms with Gasteiger partial charge in [0, 0.05) is 42.9 Å². The van der Waals surface area contributed by atoms with Crippen LogP contribution in [0.5, 0.6) is 0 Å². The third-order valence-electron chi connectivity index (χ3n) is 5.22. The number of benzene rings is 1. The average Bonchev–Trinajstić information content (AvgIpc) is 3.18. The highest BCUT2D eigenvalue weighted by Crippen LogP contribution is 2.23. The summed E-state index contributed by atoms with van der Waals surface area (Å²) in [7, 11) is 0. The van der Waals surface area contributed by atoms with Gasteiger partial charge in [-0.15, -0.1) is 0 Å². The highest BCUT2D eigenvalue weighted by atomic mass is 16.2. The van der Waals surface area contributed by atoms with Crippen LogP contribution in [-0.2, 0) is 4.79 Å². The second-order valence-corrected chi connectivity index (χ2v) is 7.07. The molecule has 5 nitrogen and oxygen atoms in total. The Labute approximate surface area is 159 Å². The number of ketones is 2. The van der Waals surface area contributed by atoms with Crippen LogP contribution in [0.2, 0.25) is 0 Å². The van der Waals surface area contributed by atoms with Gasteiger partial charge in [0.2, 0.25) is 5.91 Å². The van der Waals surface area contributed by atoms with E-state index in [0.29, 0.717) is 24.1 Å². The van der Waals surface area contributed by atoms with E-state index in [0.717, 1.165) is 17.5 Å². The molecular formula is C22H24N2O3. The van der Waals surface area contributed by atoms with Crippen LogP contribution in [0.25, 0.3) is 0 Å². The molecule has 0 bridgehead atoms. The minimum atomic E-state index is -0.423. The molecule has 1 amide bonds. The number of rotatable bonds is 6. The van der Waals surface area contributed by atoms with Gasteiger partial charge in [-0.05, 0) is 56.0 Å². The van der Waals surface area contributed by atoms with E-state index in [1.54, 1.807) is 23.2 Å². The van der Waals surface area contributed by atoms with Crippen LogP contribution in [-0.4, -0.2) is 39.9 Å². The van der Waals surface area contributed by atoms with Crippen molar-refractivity contribution in [2.24, 2.45) is 0 Å².